The minimum atomic E-state index is 0.0933. The van der Waals surface area contributed by atoms with E-state index in [4.69, 9.17) is 17.4 Å². The predicted octanol–water partition coefficient (Wildman–Crippen LogP) is 2.93. The molecule has 2 rings (SSSR count). The summed E-state index contributed by atoms with van der Waals surface area (Å²) in [7, 11) is 0. The SMILES string of the molecule is [CH2]COCCN1c2ccccc2SC1[S]. The number of thioether (sulfide) groups is 1. The summed E-state index contributed by atoms with van der Waals surface area (Å²) in [5, 5.41) is 0. The maximum atomic E-state index is 5.40. The molecule has 0 saturated heterocycles. The molecule has 0 N–H and O–H groups in total. The molecule has 80 valence electrons. The molecule has 2 nitrogen and oxygen atoms in total. The van der Waals surface area contributed by atoms with E-state index in [0.29, 0.717) is 13.2 Å². The Hall–Kier alpha value is -0.320. The number of ether oxygens (including phenoxy) is 1. The number of nitrogens with zero attached hydrogens (tertiary/aromatic N) is 1. The molecule has 0 aliphatic carbocycles. The highest BCUT2D eigenvalue weighted by molar-refractivity contribution is 8.10. The first-order chi connectivity index (χ1) is 7.33. The molecule has 4 heteroatoms. The predicted molar refractivity (Wildman–Crippen MR) is 67.2 cm³/mol. The van der Waals surface area contributed by atoms with Gasteiger partial charge in [0.1, 0.15) is 4.71 Å². The first-order valence-electron chi connectivity index (χ1n) is 4.88. The molecule has 15 heavy (non-hydrogen) atoms. The van der Waals surface area contributed by atoms with Gasteiger partial charge in [-0.2, -0.15) is 0 Å². The third kappa shape index (κ3) is 2.44. The van der Waals surface area contributed by atoms with Crippen LogP contribution in [0.5, 0.6) is 0 Å². The Labute approximate surface area is 100 Å². The number of anilines is 1. The van der Waals surface area contributed by atoms with Crippen LogP contribution in [0.15, 0.2) is 29.2 Å². The van der Waals surface area contributed by atoms with E-state index in [2.05, 4.69) is 24.0 Å². The molecule has 0 spiro atoms. The summed E-state index contributed by atoms with van der Waals surface area (Å²) in [6.07, 6.45) is 0. The summed E-state index contributed by atoms with van der Waals surface area (Å²) in [5.41, 5.74) is 1.23. The van der Waals surface area contributed by atoms with E-state index < -0.39 is 0 Å². The van der Waals surface area contributed by atoms with Gasteiger partial charge in [-0.1, -0.05) is 36.5 Å². The molecule has 0 fully saturated rings. The van der Waals surface area contributed by atoms with Crippen molar-refractivity contribution in [2.24, 2.45) is 0 Å². The largest absolute Gasteiger partial charge is 0.380 e. The Morgan fingerprint density at radius 2 is 2.27 bits per heavy atom. The molecule has 2 radical (unpaired) electrons. The van der Waals surface area contributed by atoms with Crippen molar-refractivity contribution in [1.29, 1.82) is 0 Å². The zero-order chi connectivity index (χ0) is 10.7. The van der Waals surface area contributed by atoms with Crippen LogP contribution < -0.4 is 4.90 Å². The average molecular weight is 239 g/mol. The summed E-state index contributed by atoms with van der Waals surface area (Å²) in [6.45, 7) is 5.69. The molecule has 1 atom stereocenters. The van der Waals surface area contributed by atoms with Gasteiger partial charge in [0.25, 0.3) is 0 Å². The average Bonchev–Trinajstić information content (AvgIpc) is 2.56. The highest BCUT2D eigenvalue weighted by Gasteiger charge is 2.26. The van der Waals surface area contributed by atoms with Crippen molar-refractivity contribution in [3.63, 3.8) is 0 Å². The fourth-order valence-corrected chi connectivity index (χ4v) is 3.13. The lowest BCUT2D eigenvalue weighted by Crippen LogP contribution is -2.29. The fourth-order valence-electron chi connectivity index (χ4n) is 1.57. The van der Waals surface area contributed by atoms with Gasteiger partial charge in [0.2, 0.25) is 0 Å². The van der Waals surface area contributed by atoms with Crippen LogP contribution >= 0.6 is 24.4 Å². The Morgan fingerprint density at radius 3 is 3.07 bits per heavy atom. The first-order valence-corrected chi connectivity index (χ1v) is 6.23. The zero-order valence-corrected chi connectivity index (χ0v) is 10.0. The van der Waals surface area contributed by atoms with Crippen LogP contribution in [0.25, 0.3) is 0 Å². The van der Waals surface area contributed by atoms with Crippen LogP contribution in [0.1, 0.15) is 0 Å². The van der Waals surface area contributed by atoms with E-state index >= 15 is 0 Å². The number of rotatable bonds is 4. The molecule has 1 aliphatic heterocycles. The number of para-hydroxylation sites is 1. The maximum Gasteiger partial charge on any atom is 0.137 e. The van der Waals surface area contributed by atoms with Gasteiger partial charge in [-0.25, -0.2) is 0 Å². The standard InChI is InChI=1S/C11H13NOS2/c1-2-13-8-7-12-9-5-3-4-6-10(9)15-11(12)14/h3-6,11H,1-2,7-8H2. The highest BCUT2D eigenvalue weighted by Crippen LogP contribution is 2.44. The summed E-state index contributed by atoms with van der Waals surface area (Å²) >= 11 is 7.12. The normalized spacial score (nSPS) is 19.3. The summed E-state index contributed by atoms with van der Waals surface area (Å²) in [6, 6.07) is 8.31. The number of hydrogen-bond donors (Lipinski definition) is 0. The Kier molecular flexibility index (Phi) is 3.83. The Balaban J connectivity index is 2.05. The smallest absolute Gasteiger partial charge is 0.137 e. The van der Waals surface area contributed by atoms with E-state index in [-0.39, 0.29) is 4.71 Å². The van der Waals surface area contributed by atoms with Gasteiger partial charge in [0.15, 0.2) is 0 Å². The van der Waals surface area contributed by atoms with E-state index in [1.54, 1.807) is 11.8 Å². The van der Waals surface area contributed by atoms with Crippen LogP contribution in [-0.4, -0.2) is 24.5 Å². The molecule has 0 amide bonds. The quantitative estimate of drug-likeness (QED) is 0.750. The Morgan fingerprint density at radius 1 is 1.47 bits per heavy atom. The minimum Gasteiger partial charge on any atom is -0.380 e. The van der Waals surface area contributed by atoms with E-state index in [1.165, 1.54) is 10.6 Å². The van der Waals surface area contributed by atoms with Crippen LogP contribution in [-0.2, 0) is 4.74 Å². The molecule has 1 unspecified atom stereocenters. The Bertz CT molecular complexity index is 332. The first kappa shape index (κ1) is 11.2. The third-order valence-corrected chi connectivity index (χ3v) is 3.88. The molecule has 0 aromatic heterocycles. The monoisotopic (exact) mass is 239 g/mol. The highest BCUT2D eigenvalue weighted by atomic mass is 32.2. The minimum absolute atomic E-state index is 0.0933. The van der Waals surface area contributed by atoms with Crippen molar-refractivity contribution in [3.05, 3.63) is 31.2 Å². The third-order valence-electron chi connectivity index (χ3n) is 2.28. The van der Waals surface area contributed by atoms with Crippen molar-refractivity contribution in [2.75, 3.05) is 24.7 Å². The van der Waals surface area contributed by atoms with Gasteiger partial charge in [-0.15, -0.1) is 0 Å². The summed E-state index contributed by atoms with van der Waals surface area (Å²) in [5.74, 6) is 0. The molecule has 1 aromatic carbocycles. The zero-order valence-electron chi connectivity index (χ0n) is 8.39. The molecule has 1 aromatic rings. The molecule has 1 aliphatic rings. The van der Waals surface area contributed by atoms with Gasteiger partial charge in [-0.05, 0) is 19.1 Å². The number of fused-ring (bicyclic) bond motifs is 1. The lowest BCUT2D eigenvalue weighted by atomic mass is 10.3. The molecule has 1 heterocycles. The molecule has 0 bridgehead atoms. The van der Waals surface area contributed by atoms with Crippen molar-refractivity contribution < 1.29 is 4.74 Å². The molecule has 0 saturated carbocycles. The van der Waals surface area contributed by atoms with Crippen LogP contribution in [0.3, 0.4) is 0 Å². The summed E-state index contributed by atoms with van der Waals surface area (Å²) < 4.78 is 5.34. The second kappa shape index (κ2) is 5.14. The van der Waals surface area contributed by atoms with Crippen molar-refractivity contribution in [2.45, 2.75) is 9.60 Å². The van der Waals surface area contributed by atoms with E-state index in [9.17, 15) is 0 Å². The van der Waals surface area contributed by atoms with Gasteiger partial charge in [-0.3, -0.25) is 0 Å². The lowest BCUT2D eigenvalue weighted by molar-refractivity contribution is 0.168. The second-order valence-corrected chi connectivity index (χ2v) is 5.07. The van der Waals surface area contributed by atoms with Crippen molar-refractivity contribution >= 4 is 30.1 Å². The van der Waals surface area contributed by atoms with Crippen molar-refractivity contribution in [1.82, 2.24) is 0 Å². The molecular formula is C11H13NOS2. The lowest BCUT2D eigenvalue weighted by Gasteiger charge is -2.22. The van der Waals surface area contributed by atoms with Gasteiger partial charge < -0.3 is 9.64 Å². The second-order valence-electron chi connectivity index (χ2n) is 3.20. The molecular weight excluding hydrogens is 226 g/mol. The number of hydrogen-bond acceptors (Lipinski definition) is 3. The topological polar surface area (TPSA) is 12.5 Å². The summed E-state index contributed by atoms with van der Waals surface area (Å²) in [4.78, 5) is 3.47. The number of benzene rings is 1. The van der Waals surface area contributed by atoms with Gasteiger partial charge in [0.05, 0.1) is 12.3 Å². The van der Waals surface area contributed by atoms with Crippen LogP contribution in [0, 0.1) is 6.92 Å². The van der Waals surface area contributed by atoms with E-state index in [1.807, 2.05) is 12.1 Å². The maximum absolute atomic E-state index is 5.40. The van der Waals surface area contributed by atoms with Gasteiger partial charge in [0, 0.05) is 18.0 Å². The van der Waals surface area contributed by atoms with E-state index in [0.717, 1.165) is 6.54 Å². The van der Waals surface area contributed by atoms with Crippen LogP contribution in [0.2, 0.25) is 0 Å². The fraction of sp³-hybridized carbons (Fsp3) is 0.364. The van der Waals surface area contributed by atoms with Gasteiger partial charge >= 0.3 is 0 Å². The van der Waals surface area contributed by atoms with Crippen molar-refractivity contribution in [3.8, 4) is 0 Å². The van der Waals surface area contributed by atoms with Crippen LogP contribution in [0.4, 0.5) is 5.69 Å².